The molecular formula is C18H23N3O2. The van der Waals surface area contributed by atoms with Gasteiger partial charge in [0.25, 0.3) is 5.91 Å². The van der Waals surface area contributed by atoms with Gasteiger partial charge in [-0.1, -0.05) is 26.0 Å². The summed E-state index contributed by atoms with van der Waals surface area (Å²) in [5, 5.41) is 12.3. The molecule has 1 heterocycles. The number of carbonyl (C=O) groups is 1. The maximum absolute atomic E-state index is 12.4. The maximum atomic E-state index is 12.4. The van der Waals surface area contributed by atoms with Crippen molar-refractivity contribution in [2.75, 3.05) is 0 Å². The zero-order valence-electron chi connectivity index (χ0n) is 14.0. The molecule has 1 aromatic heterocycles. The molecule has 5 nitrogen and oxygen atoms in total. The van der Waals surface area contributed by atoms with Gasteiger partial charge in [0.1, 0.15) is 17.3 Å². The van der Waals surface area contributed by atoms with Gasteiger partial charge in [0.05, 0.1) is 0 Å². The lowest BCUT2D eigenvalue weighted by molar-refractivity contribution is 0.0907. The molecule has 5 heteroatoms. The number of phenols is 1. The van der Waals surface area contributed by atoms with Crippen LogP contribution < -0.4 is 5.32 Å². The van der Waals surface area contributed by atoms with Crippen LogP contribution in [0.1, 0.15) is 55.5 Å². The van der Waals surface area contributed by atoms with Gasteiger partial charge in [-0.25, -0.2) is 9.97 Å². The fourth-order valence-electron chi connectivity index (χ4n) is 2.32. The van der Waals surface area contributed by atoms with E-state index in [1.54, 1.807) is 24.4 Å². The van der Waals surface area contributed by atoms with Gasteiger partial charge in [-0.05, 0) is 44.0 Å². The summed E-state index contributed by atoms with van der Waals surface area (Å²) in [5.74, 6) is 0.859. The van der Waals surface area contributed by atoms with Crippen molar-refractivity contribution in [3.05, 3.63) is 53.6 Å². The van der Waals surface area contributed by atoms with Crippen LogP contribution in [0.2, 0.25) is 0 Å². The van der Waals surface area contributed by atoms with E-state index in [1.165, 1.54) is 0 Å². The number of carbonyl (C=O) groups excluding carboxylic acids is 1. The molecular weight excluding hydrogens is 290 g/mol. The molecule has 122 valence electrons. The van der Waals surface area contributed by atoms with Gasteiger partial charge in [0, 0.05) is 17.7 Å². The largest absolute Gasteiger partial charge is 0.508 e. The Balaban J connectivity index is 2.08. The molecule has 0 aliphatic carbocycles. The van der Waals surface area contributed by atoms with Gasteiger partial charge in [0.2, 0.25) is 0 Å². The summed E-state index contributed by atoms with van der Waals surface area (Å²) in [6, 6.07) is 8.62. The van der Waals surface area contributed by atoms with E-state index < -0.39 is 5.54 Å². The number of hydrogen-bond donors (Lipinski definition) is 2. The minimum atomic E-state index is -0.434. The van der Waals surface area contributed by atoms with E-state index >= 15 is 0 Å². The monoisotopic (exact) mass is 313 g/mol. The highest BCUT2D eigenvalue weighted by Gasteiger charge is 2.23. The second-order valence-corrected chi connectivity index (χ2v) is 6.64. The zero-order valence-corrected chi connectivity index (χ0v) is 14.0. The first-order valence-corrected chi connectivity index (χ1v) is 7.70. The smallest absolute Gasteiger partial charge is 0.270 e. The van der Waals surface area contributed by atoms with Crippen molar-refractivity contribution in [3.63, 3.8) is 0 Å². The lowest BCUT2D eigenvalue weighted by Crippen LogP contribution is -2.45. The maximum Gasteiger partial charge on any atom is 0.270 e. The number of benzene rings is 1. The number of phenolic OH excluding ortho intramolecular Hbond substituents is 1. The highest BCUT2D eigenvalue weighted by Crippen LogP contribution is 2.17. The van der Waals surface area contributed by atoms with Gasteiger partial charge in [-0.3, -0.25) is 4.79 Å². The number of amides is 1. The number of aromatic hydroxyl groups is 1. The SMILES string of the molecule is CC(C)c1nccc(C(=O)NC(C)(C)Cc2ccc(O)cc2)n1. The van der Waals surface area contributed by atoms with Crippen LogP contribution in [0.3, 0.4) is 0 Å². The van der Waals surface area contributed by atoms with Gasteiger partial charge in [-0.15, -0.1) is 0 Å². The zero-order chi connectivity index (χ0) is 17.0. The van der Waals surface area contributed by atoms with Gasteiger partial charge in [0.15, 0.2) is 0 Å². The standard InChI is InChI=1S/C18H23N3O2/c1-12(2)16-19-10-9-15(20-16)17(23)21-18(3,4)11-13-5-7-14(22)8-6-13/h5-10,12,22H,11H2,1-4H3,(H,21,23). The highest BCUT2D eigenvalue weighted by molar-refractivity contribution is 5.92. The third-order valence-electron chi connectivity index (χ3n) is 3.46. The van der Waals surface area contributed by atoms with E-state index in [9.17, 15) is 9.90 Å². The average molecular weight is 313 g/mol. The van der Waals surface area contributed by atoms with E-state index in [-0.39, 0.29) is 17.6 Å². The minimum absolute atomic E-state index is 0.174. The first-order valence-electron chi connectivity index (χ1n) is 7.70. The van der Waals surface area contributed by atoms with E-state index in [2.05, 4.69) is 15.3 Å². The van der Waals surface area contributed by atoms with Crippen LogP contribution in [0.5, 0.6) is 5.75 Å². The van der Waals surface area contributed by atoms with Gasteiger partial charge >= 0.3 is 0 Å². The van der Waals surface area contributed by atoms with E-state index in [1.807, 2.05) is 39.8 Å². The van der Waals surface area contributed by atoms with Crippen molar-refractivity contribution >= 4 is 5.91 Å². The number of rotatable bonds is 5. The fourth-order valence-corrected chi connectivity index (χ4v) is 2.32. The molecule has 0 saturated heterocycles. The van der Waals surface area contributed by atoms with Crippen LogP contribution >= 0.6 is 0 Å². The Morgan fingerprint density at radius 3 is 2.48 bits per heavy atom. The minimum Gasteiger partial charge on any atom is -0.508 e. The quantitative estimate of drug-likeness (QED) is 0.889. The molecule has 0 aliphatic rings. The Labute approximate surface area is 136 Å². The summed E-state index contributed by atoms with van der Waals surface area (Å²) in [5.41, 5.74) is 0.984. The number of nitrogens with one attached hydrogen (secondary N) is 1. The highest BCUT2D eigenvalue weighted by atomic mass is 16.3. The van der Waals surface area contributed by atoms with E-state index in [0.717, 1.165) is 5.56 Å². The summed E-state index contributed by atoms with van der Waals surface area (Å²) in [6.07, 6.45) is 2.27. The molecule has 1 aromatic carbocycles. The number of nitrogens with zero attached hydrogens (tertiary/aromatic N) is 2. The molecule has 2 N–H and O–H groups in total. The van der Waals surface area contributed by atoms with Crippen LogP contribution in [0.4, 0.5) is 0 Å². The topological polar surface area (TPSA) is 75.1 Å². The average Bonchev–Trinajstić information content (AvgIpc) is 2.49. The summed E-state index contributed by atoms with van der Waals surface area (Å²) >= 11 is 0. The molecule has 0 atom stereocenters. The Hall–Kier alpha value is -2.43. The van der Waals surface area contributed by atoms with Crippen LogP contribution in [-0.2, 0) is 6.42 Å². The predicted octanol–water partition coefficient (Wildman–Crippen LogP) is 3.06. The molecule has 2 aromatic rings. The Morgan fingerprint density at radius 1 is 1.22 bits per heavy atom. The van der Waals surface area contributed by atoms with E-state index in [4.69, 9.17) is 0 Å². The Kier molecular flexibility index (Phi) is 4.98. The third kappa shape index (κ3) is 4.77. The van der Waals surface area contributed by atoms with E-state index in [0.29, 0.717) is 17.9 Å². The normalized spacial score (nSPS) is 11.5. The first kappa shape index (κ1) is 16.9. The van der Waals surface area contributed by atoms with Crippen molar-refractivity contribution in [1.29, 1.82) is 0 Å². The second kappa shape index (κ2) is 6.77. The van der Waals surface area contributed by atoms with Crippen molar-refractivity contribution in [3.8, 4) is 5.75 Å². The van der Waals surface area contributed by atoms with Crippen LogP contribution in [0, 0.1) is 0 Å². The van der Waals surface area contributed by atoms with Crippen LogP contribution in [0.25, 0.3) is 0 Å². The number of hydrogen-bond acceptors (Lipinski definition) is 4. The summed E-state index contributed by atoms with van der Waals surface area (Å²) in [7, 11) is 0. The lowest BCUT2D eigenvalue weighted by Gasteiger charge is -2.26. The van der Waals surface area contributed by atoms with Gasteiger partial charge in [-0.2, -0.15) is 0 Å². The van der Waals surface area contributed by atoms with Crippen LogP contribution in [-0.4, -0.2) is 26.5 Å². The van der Waals surface area contributed by atoms with Gasteiger partial charge < -0.3 is 10.4 Å². The predicted molar refractivity (Wildman–Crippen MR) is 89.5 cm³/mol. The molecule has 23 heavy (non-hydrogen) atoms. The lowest BCUT2D eigenvalue weighted by atomic mass is 9.94. The first-order chi connectivity index (χ1) is 10.8. The van der Waals surface area contributed by atoms with Crippen LogP contribution in [0.15, 0.2) is 36.5 Å². The Morgan fingerprint density at radius 2 is 1.87 bits per heavy atom. The molecule has 2 rings (SSSR count). The molecule has 0 spiro atoms. The fraction of sp³-hybridized carbons (Fsp3) is 0.389. The second-order valence-electron chi connectivity index (χ2n) is 6.64. The number of aromatic nitrogens is 2. The third-order valence-corrected chi connectivity index (χ3v) is 3.46. The van der Waals surface area contributed by atoms with Crippen molar-refractivity contribution < 1.29 is 9.90 Å². The molecule has 0 radical (unpaired) electrons. The molecule has 0 aliphatic heterocycles. The van der Waals surface area contributed by atoms with Crippen molar-refractivity contribution in [1.82, 2.24) is 15.3 Å². The van der Waals surface area contributed by atoms with Crippen molar-refractivity contribution in [2.45, 2.75) is 45.6 Å². The molecule has 0 saturated carbocycles. The molecule has 0 bridgehead atoms. The summed E-state index contributed by atoms with van der Waals surface area (Å²) < 4.78 is 0. The molecule has 0 fully saturated rings. The summed E-state index contributed by atoms with van der Waals surface area (Å²) in [6.45, 7) is 7.90. The Bertz CT molecular complexity index is 679. The molecule has 0 unspecified atom stereocenters. The molecule has 1 amide bonds. The summed E-state index contributed by atoms with van der Waals surface area (Å²) in [4.78, 5) is 20.9. The van der Waals surface area contributed by atoms with Crippen molar-refractivity contribution in [2.24, 2.45) is 0 Å².